The van der Waals surface area contributed by atoms with Crippen LogP contribution in [0.3, 0.4) is 0 Å². The summed E-state index contributed by atoms with van der Waals surface area (Å²) in [6, 6.07) is 0.462. The average Bonchev–Trinajstić information content (AvgIpc) is 2.58. The lowest BCUT2D eigenvalue weighted by atomic mass is 10.0. The maximum atomic E-state index is 5.98. The Bertz CT molecular complexity index is 206. The van der Waals surface area contributed by atoms with Gasteiger partial charge >= 0.3 is 0 Å². The fourth-order valence-electron chi connectivity index (χ4n) is 3.16. The summed E-state index contributed by atoms with van der Waals surface area (Å²) in [5, 5.41) is 0. The van der Waals surface area contributed by atoms with Crippen molar-refractivity contribution in [3.05, 3.63) is 0 Å². The Morgan fingerprint density at radius 3 is 2.13 bits per heavy atom. The van der Waals surface area contributed by atoms with E-state index in [2.05, 4.69) is 25.7 Å². The van der Waals surface area contributed by atoms with Crippen molar-refractivity contribution in [3.63, 3.8) is 0 Å². The van der Waals surface area contributed by atoms with Gasteiger partial charge in [0.1, 0.15) is 6.23 Å². The number of likely N-dealkylation sites (tertiary alicyclic amines) is 1. The van der Waals surface area contributed by atoms with Gasteiger partial charge in [0.25, 0.3) is 0 Å². The molecular formula is C12H24N2O. The summed E-state index contributed by atoms with van der Waals surface area (Å²) in [7, 11) is 0. The summed E-state index contributed by atoms with van der Waals surface area (Å²) in [5.41, 5.74) is 5.98. The van der Waals surface area contributed by atoms with Crippen LogP contribution in [0.15, 0.2) is 0 Å². The summed E-state index contributed by atoms with van der Waals surface area (Å²) in [6.07, 6.45) is 3.03. The summed E-state index contributed by atoms with van der Waals surface area (Å²) < 4.78 is 5.82. The van der Waals surface area contributed by atoms with Crippen LogP contribution in [0, 0.1) is 11.8 Å². The first kappa shape index (κ1) is 11.4. The summed E-state index contributed by atoms with van der Waals surface area (Å²) in [6.45, 7) is 8.74. The second-order valence-corrected chi connectivity index (χ2v) is 5.49. The SMILES string of the molecule is CC(C)OC(C)N1C[C@H]2CC(N)C[C@H]2C1. The zero-order valence-electron chi connectivity index (χ0n) is 10.1. The fourth-order valence-corrected chi connectivity index (χ4v) is 3.16. The minimum Gasteiger partial charge on any atom is -0.361 e. The molecule has 2 fully saturated rings. The summed E-state index contributed by atoms with van der Waals surface area (Å²) in [5.74, 6) is 1.66. The van der Waals surface area contributed by atoms with Crippen molar-refractivity contribution in [1.29, 1.82) is 0 Å². The molecule has 2 N–H and O–H groups in total. The van der Waals surface area contributed by atoms with Crippen molar-refractivity contribution in [2.75, 3.05) is 13.1 Å². The molecule has 2 aliphatic rings. The first-order valence-corrected chi connectivity index (χ1v) is 6.21. The van der Waals surface area contributed by atoms with Gasteiger partial charge in [0.05, 0.1) is 6.10 Å². The minimum atomic E-state index is 0.270. The van der Waals surface area contributed by atoms with Crippen molar-refractivity contribution >= 4 is 0 Å². The van der Waals surface area contributed by atoms with Crippen LogP contribution in [0.5, 0.6) is 0 Å². The lowest BCUT2D eigenvalue weighted by Gasteiger charge is -2.27. The van der Waals surface area contributed by atoms with E-state index in [1.165, 1.54) is 25.9 Å². The molecule has 88 valence electrons. The van der Waals surface area contributed by atoms with Crippen molar-refractivity contribution in [2.24, 2.45) is 17.6 Å². The van der Waals surface area contributed by atoms with E-state index in [9.17, 15) is 0 Å². The monoisotopic (exact) mass is 212 g/mol. The molecule has 1 saturated carbocycles. The first-order chi connectivity index (χ1) is 7.06. The maximum absolute atomic E-state index is 5.98. The highest BCUT2D eigenvalue weighted by Crippen LogP contribution is 2.38. The molecule has 0 aromatic heterocycles. The Labute approximate surface area is 93.0 Å². The van der Waals surface area contributed by atoms with Crippen molar-refractivity contribution < 1.29 is 4.74 Å². The third-order valence-electron chi connectivity index (χ3n) is 3.80. The van der Waals surface area contributed by atoms with Gasteiger partial charge in [-0.25, -0.2) is 0 Å². The van der Waals surface area contributed by atoms with Gasteiger partial charge in [-0.1, -0.05) is 0 Å². The molecule has 1 heterocycles. The van der Waals surface area contributed by atoms with E-state index in [1.54, 1.807) is 0 Å². The Morgan fingerprint density at radius 2 is 1.67 bits per heavy atom. The first-order valence-electron chi connectivity index (χ1n) is 6.21. The fraction of sp³-hybridized carbons (Fsp3) is 1.00. The van der Waals surface area contributed by atoms with Gasteiger partial charge in [-0.15, -0.1) is 0 Å². The molecule has 1 saturated heterocycles. The van der Waals surface area contributed by atoms with Crippen molar-refractivity contribution in [2.45, 2.75) is 52.0 Å². The second kappa shape index (κ2) is 4.40. The number of nitrogens with zero attached hydrogens (tertiary/aromatic N) is 1. The molecule has 2 rings (SSSR count). The molecule has 0 bridgehead atoms. The van der Waals surface area contributed by atoms with Crippen molar-refractivity contribution in [3.8, 4) is 0 Å². The second-order valence-electron chi connectivity index (χ2n) is 5.49. The van der Waals surface area contributed by atoms with Crippen LogP contribution in [-0.2, 0) is 4.74 Å². The van der Waals surface area contributed by atoms with Crippen LogP contribution < -0.4 is 5.73 Å². The van der Waals surface area contributed by atoms with E-state index in [0.29, 0.717) is 12.1 Å². The molecule has 0 amide bonds. The molecule has 0 radical (unpaired) electrons. The Hall–Kier alpha value is -0.120. The van der Waals surface area contributed by atoms with E-state index < -0.39 is 0 Å². The third-order valence-corrected chi connectivity index (χ3v) is 3.80. The number of rotatable bonds is 3. The van der Waals surface area contributed by atoms with E-state index in [4.69, 9.17) is 10.5 Å². The molecule has 15 heavy (non-hydrogen) atoms. The highest BCUT2D eigenvalue weighted by molar-refractivity contribution is 4.94. The quantitative estimate of drug-likeness (QED) is 0.769. The Balaban J connectivity index is 1.83. The smallest absolute Gasteiger partial charge is 0.108 e. The highest BCUT2D eigenvalue weighted by Gasteiger charge is 2.41. The van der Waals surface area contributed by atoms with E-state index >= 15 is 0 Å². The van der Waals surface area contributed by atoms with E-state index in [1.807, 2.05) is 0 Å². The highest BCUT2D eigenvalue weighted by atomic mass is 16.5. The molecule has 1 aliphatic carbocycles. The van der Waals surface area contributed by atoms with Crippen molar-refractivity contribution in [1.82, 2.24) is 4.90 Å². The van der Waals surface area contributed by atoms with Gasteiger partial charge in [-0.05, 0) is 45.4 Å². The van der Waals surface area contributed by atoms with E-state index in [0.717, 1.165) is 11.8 Å². The van der Waals surface area contributed by atoms with Gasteiger partial charge < -0.3 is 10.5 Å². The molecule has 1 aliphatic heterocycles. The lowest BCUT2D eigenvalue weighted by molar-refractivity contribution is -0.0703. The van der Waals surface area contributed by atoms with Crippen LogP contribution in [-0.4, -0.2) is 36.4 Å². The minimum absolute atomic E-state index is 0.270. The van der Waals surface area contributed by atoms with Crippen LogP contribution in [0.25, 0.3) is 0 Å². The average molecular weight is 212 g/mol. The van der Waals surface area contributed by atoms with E-state index in [-0.39, 0.29) is 6.23 Å². The standard InChI is InChI=1S/C12H24N2O/c1-8(2)15-9(3)14-6-10-4-12(13)5-11(10)7-14/h8-12H,4-7,13H2,1-3H3/t9?,10-,11+,12?. The van der Waals surface area contributed by atoms with Gasteiger partial charge in [-0.2, -0.15) is 0 Å². The molecule has 4 atom stereocenters. The number of fused-ring (bicyclic) bond motifs is 1. The van der Waals surface area contributed by atoms with Crippen LogP contribution in [0.2, 0.25) is 0 Å². The molecule has 0 spiro atoms. The molecule has 3 nitrogen and oxygen atoms in total. The number of hydrogen-bond acceptors (Lipinski definition) is 3. The largest absolute Gasteiger partial charge is 0.361 e. The molecular weight excluding hydrogens is 188 g/mol. The summed E-state index contributed by atoms with van der Waals surface area (Å²) >= 11 is 0. The van der Waals surface area contributed by atoms with Gasteiger partial charge in [-0.3, -0.25) is 4.90 Å². The van der Waals surface area contributed by atoms with Crippen LogP contribution in [0.1, 0.15) is 33.6 Å². The normalized spacial score (nSPS) is 38.6. The number of nitrogens with two attached hydrogens (primary N) is 1. The zero-order valence-corrected chi connectivity index (χ0v) is 10.1. The lowest BCUT2D eigenvalue weighted by Crippen LogP contribution is -2.36. The topological polar surface area (TPSA) is 38.5 Å². The van der Waals surface area contributed by atoms with Crippen LogP contribution in [0.4, 0.5) is 0 Å². The number of hydrogen-bond donors (Lipinski definition) is 1. The molecule has 0 aromatic rings. The predicted octanol–water partition coefficient (Wildman–Crippen LogP) is 1.43. The molecule has 2 unspecified atom stereocenters. The Morgan fingerprint density at radius 1 is 1.13 bits per heavy atom. The predicted molar refractivity (Wildman–Crippen MR) is 61.4 cm³/mol. The Kier molecular flexibility index (Phi) is 3.33. The van der Waals surface area contributed by atoms with Gasteiger partial charge in [0, 0.05) is 19.1 Å². The third kappa shape index (κ3) is 2.52. The molecule has 3 heteroatoms. The molecule has 0 aromatic carbocycles. The van der Waals surface area contributed by atoms with Gasteiger partial charge in [0.2, 0.25) is 0 Å². The summed E-state index contributed by atoms with van der Waals surface area (Å²) in [4.78, 5) is 2.47. The zero-order chi connectivity index (χ0) is 11.0. The van der Waals surface area contributed by atoms with Gasteiger partial charge in [0.15, 0.2) is 0 Å². The maximum Gasteiger partial charge on any atom is 0.108 e. The number of ether oxygens (including phenoxy) is 1. The van der Waals surface area contributed by atoms with Crippen LogP contribution >= 0.6 is 0 Å².